The molecule has 3 aromatic carbocycles. The van der Waals surface area contributed by atoms with Gasteiger partial charge in [0.2, 0.25) is 17.7 Å². The van der Waals surface area contributed by atoms with Crippen LogP contribution in [0.15, 0.2) is 90.8 Å². The van der Waals surface area contributed by atoms with Crippen LogP contribution in [0.3, 0.4) is 0 Å². The summed E-state index contributed by atoms with van der Waals surface area (Å²) in [6, 6.07) is 18.9. The highest BCUT2D eigenvalue weighted by atomic mass is 32.1. The van der Waals surface area contributed by atoms with Crippen molar-refractivity contribution >= 4 is 40.7 Å². The number of nitrogens with zero attached hydrogens (tertiary/aromatic N) is 7. The largest absolute Gasteiger partial charge is 0.381 e. The number of carbonyl (C=O) groups excluding carboxylic acids is 4. The van der Waals surface area contributed by atoms with E-state index >= 15 is 0 Å². The summed E-state index contributed by atoms with van der Waals surface area (Å²) in [6.07, 6.45) is 11.7. The maximum absolute atomic E-state index is 14.1. The number of hydrogen-bond acceptors (Lipinski definition) is 15. The van der Waals surface area contributed by atoms with E-state index < -0.39 is 35.0 Å². The van der Waals surface area contributed by atoms with Gasteiger partial charge in [-0.2, -0.15) is 0 Å². The molecule has 7 rings (SSSR count). The molecular weight excluding hydrogens is 1100 g/mol. The molecule has 0 spiro atoms. The maximum Gasteiger partial charge on any atom is 0.251 e. The highest BCUT2D eigenvalue weighted by Gasteiger charge is 2.41. The molecule has 84 heavy (non-hydrogen) atoms. The molecule has 1 aliphatic heterocycles. The first-order chi connectivity index (χ1) is 40.8. The van der Waals surface area contributed by atoms with E-state index in [9.17, 15) is 28.0 Å². The Balaban J connectivity index is 0.671. The van der Waals surface area contributed by atoms with Crippen LogP contribution in [-0.2, 0) is 59.5 Å². The standard InChI is InChI=1S/C62H81F2N11O8S/c1-44-56(84-43-70-44)46-24-22-45(23-25-46)39-67-60(78)53-20-14-28-74(53)61(79)57(62(2,3)4)71-55(76)21-8-7-11-32-82-35-37-83-36-34-81-31-10-6-5-9-30-80-33-15-29-75-54(72-73-58(75)52-26-27-65-42-69-52)41-66-48-17-12-16-47(38-48)59(77)68-40-49-50(63)18-13-19-51(49)64/h12-13,16-19,22-27,38,42-43,53,57,66H,5-11,14-15,20-21,28-37,39-41H2,1-4H3,(H,67,78)(H,68,77)(H,71,76)/t53-,57?/m0/s1. The van der Waals surface area contributed by atoms with Crippen molar-refractivity contribution < 1.29 is 46.9 Å². The summed E-state index contributed by atoms with van der Waals surface area (Å²) in [5.41, 5.74) is 5.75. The summed E-state index contributed by atoms with van der Waals surface area (Å²) < 4.78 is 53.3. The zero-order valence-corrected chi connectivity index (χ0v) is 49.7. The fourth-order valence-electron chi connectivity index (χ4n) is 9.64. The second-order valence-corrected chi connectivity index (χ2v) is 22.6. The maximum atomic E-state index is 14.1. The molecule has 4 amide bonds. The number of nitrogens with one attached hydrogen (secondary N) is 4. The third-order valence-electron chi connectivity index (χ3n) is 14.3. The lowest BCUT2D eigenvalue weighted by atomic mass is 9.85. The summed E-state index contributed by atoms with van der Waals surface area (Å²) >= 11 is 1.60. The molecule has 3 aromatic heterocycles. The first-order valence-electron chi connectivity index (χ1n) is 29.2. The molecule has 1 saturated heterocycles. The number of halogens is 2. The minimum atomic E-state index is -0.756. The van der Waals surface area contributed by atoms with Gasteiger partial charge >= 0.3 is 0 Å². The fourth-order valence-corrected chi connectivity index (χ4v) is 10.5. The summed E-state index contributed by atoms with van der Waals surface area (Å²) in [7, 11) is 0. The number of aryl methyl sites for hydroxylation is 1. The summed E-state index contributed by atoms with van der Waals surface area (Å²) in [5, 5.41) is 20.8. The quantitative estimate of drug-likeness (QED) is 0.0269. The number of rotatable bonds is 36. The average molecular weight is 1180 g/mol. The van der Waals surface area contributed by atoms with E-state index in [0.29, 0.717) is 127 Å². The van der Waals surface area contributed by atoms with Gasteiger partial charge in [0.1, 0.15) is 35.7 Å². The Morgan fingerprint density at radius 2 is 1.40 bits per heavy atom. The Bertz CT molecular complexity index is 2980. The third-order valence-corrected chi connectivity index (χ3v) is 15.3. The normalized spacial score (nSPS) is 13.7. The minimum Gasteiger partial charge on any atom is -0.381 e. The van der Waals surface area contributed by atoms with Crippen molar-refractivity contribution in [2.45, 2.75) is 137 Å². The van der Waals surface area contributed by atoms with Crippen LogP contribution in [-0.4, -0.2) is 130 Å². The van der Waals surface area contributed by atoms with Gasteiger partial charge in [0.25, 0.3) is 5.91 Å². The van der Waals surface area contributed by atoms with Crippen LogP contribution in [0.5, 0.6) is 0 Å². The van der Waals surface area contributed by atoms with Crippen LogP contribution in [0.25, 0.3) is 22.0 Å². The number of hydrogen-bond donors (Lipinski definition) is 4. The van der Waals surface area contributed by atoms with E-state index in [1.807, 2.05) is 68.1 Å². The molecule has 0 bridgehead atoms. The van der Waals surface area contributed by atoms with E-state index in [1.165, 1.54) is 12.4 Å². The molecule has 1 unspecified atom stereocenters. The molecule has 0 saturated carbocycles. The molecule has 6 aromatic rings. The van der Waals surface area contributed by atoms with Crippen molar-refractivity contribution in [3.05, 3.63) is 131 Å². The third kappa shape index (κ3) is 20.3. The molecule has 4 heterocycles. The van der Waals surface area contributed by atoms with Crippen molar-refractivity contribution in [3.8, 4) is 22.0 Å². The number of benzene rings is 3. The number of thiazole rings is 1. The first kappa shape index (κ1) is 64.5. The number of unbranched alkanes of at least 4 members (excludes halogenated alkanes) is 5. The zero-order chi connectivity index (χ0) is 59.5. The number of aromatic nitrogens is 6. The lowest BCUT2D eigenvalue weighted by Gasteiger charge is -2.35. The van der Waals surface area contributed by atoms with Crippen molar-refractivity contribution in [1.29, 1.82) is 0 Å². The van der Waals surface area contributed by atoms with Crippen LogP contribution in [0.1, 0.15) is 124 Å². The molecule has 4 N–H and O–H groups in total. The average Bonchev–Trinajstić information content (AvgIpc) is 4.48. The summed E-state index contributed by atoms with van der Waals surface area (Å²) in [5.74, 6) is -1.23. The molecule has 0 radical (unpaired) electrons. The topological polar surface area (TPSA) is 226 Å². The van der Waals surface area contributed by atoms with Crippen molar-refractivity contribution in [1.82, 2.24) is 50.6 Å². The molecular formula is C62H81F2N11O8S. The Labute approximate surface area is 495 Å². The SMILES string of the molecule is Cc1ncsc1-c1ccc(CNC(=O)[C@@H]2CCCN2C(=O)C(NC(=O)CCCCCOCCOCCOCCCCCCOCCCn2c(CNc3cccc(C(=O)NCc4c(F)cccc4F)c3)nnc2-c2ccncn2)C(C)(C)C)cc1. The highest BCUT2D eigenvalue weighted by Crippen LogP contribution is 2.29. The molecule has 19 nitrogen and oxygen atoms in total. The van der Waals surface area contributed by atoms with Gasteiger partial charge in [-0.3, -0.25) is 19.2 Å². The van der Waals surface area contributed by atoms with E-state index in [4.69, 9.17) is 18.9 Å². The van der Waals surface area contributed by atoms with Gasteiger partial charge in [0.15, 0.2) is 11.6 Å². The molecule has 0 aliphatic carbocycles. The predicted molar refractivity (Wildman–Crippen MR) is 317 cm³/mol. The lowest BCUT2D eigenvalue weighted by molar-refractivity contribution is -0.143. The van der Waals surface area contributed by atoms with Crippen LogP contribution < -0.4 is 21.3 Å². The van der Waals surface area contributed by atoms with Gasteiger partial charge in [-0.15, -0.1) is 21.5 Å². The van der Waals surface area contributed by atoms with E-state index in [-0.39, 0.29) is 29.8 Å². The van der Waals surface area contributed by atoms with E-state index in [1.54, 1.807) is 46.7 Å². The zero-order valence-electron chi connectivity index (χ0n) is 48.8. The van der Waals surface area contributed by atoms with E-state index in [0.717, 1.165) is 85.2 Å². The Morgan fingerprint density at radius 3 is 2.07 bits per heavy atom. The van der Waals surface area contributed by atoms with Crippen molar-refractivity contribution in [3.63, 3.8) is 0 Å². The van der Waals surface area contributed by atoms with Gasteiger partial charge in [-0.25, -0.2) is 23.7 Å². The van der Waals surface area contributed by atoms with Crippen molar-refractivity contribution in [2.75, 3.05) is 64.7 Å². The molecule has 1 fully saturated rings. The Morgan fingerprint density at radius 1 is 0.738 bits per heavy atom. The minimum absolute atomic E-state index is 0.176. The van der Waals surface area contributed by atoms with Crippen LogP contribution in [0.2, 0.25) is 0 Å². The molecule has 1 aliphatic rings. The summed E-state index contributed by atoms with van der Waals surface area (Å²) in [4.78, 5) is 68.9. The number of anilines is 1. The van der Waals surface area contributed by atoms with Crippen LogP contribution in [0, 0.1) is 24.0 Å². The lowest BCUT2D eigenvalue weighted by Crippen LogP contribution is -2.57. The van der Waals surface area contributed by atoms with Crippen molar-refractivity contribution in [2.24, 2.45) is 5.41 Å². The van der Waals surface area contributed by atoms with Crippen LogP contribution in [0.4, 0.5) is 14.5 Å². The Hall–Kier alpha value is -7.11. The van der Waals surface area contributed by atoms with Gasteiger partial charge in [0.05, 0.1) is 49.1 Å². The number of amides is 4. The highest BCUT2D eigenvalue weighted by molar-refractivity contribution is 7.13. The Kier molecular flexibility index (Phi) is 26.1. The molecule has 452 valence electrons. The molecule has 22 heteroatoms. The smallest absolute Gasteiger partial charge is 0.251 e. The number of ether oxygens (including phenoxy) is 4. The van der Waals surface area contributed by atoms with Gasteiger partial charge < -0.3 is 49.7 Å². The summed E-state index contributed by atoms with van der Waals surface area (Å²) in [6.45, 7) is 13.6. The van der Waals surface area contributed by atoms with Crippen LogP contribution >= 0.6 is 11.3 Å². The number of carbonyl (C=O) groups is 4. The predicted octanol–water partition coefficient (Wildman–Crippen LogP) is 9.40. The number of likely N-dealkylation sites (tertiary alicyclic amines) is 1. The fraction of sp³-hybridized carbons (Fsp3) is 0.500. The first-order valence-corrected chi connectivity index (χ1v) is 30.1. The monoisotopic (exact) mass is 1180 g/mol. The van der Waals surface area contributed by atoms with Gasteiger partial charge in [0, 0.05) is 82.0 Å². The second kappa shape index (κ2) is 34.0. The van der Waals surface area contributed by atoms with E-state index in [2.05, 4.69) is 46.4 Å². The molecule has 2 atom stereocenters. The van der Waals surface area contributed by atoms with Gasteiger partial charge in [-0.1, -0.05) is 76.4 Å². The van der Waals surface area contributed by atoms with Gasteiger partial charge in [-0.05, 0) is 105 Å². The second-order valence-electron chi connectivity index (χ2n) is 21.8.